The molecule has 0 aliphatic rings. The second-order valence-electron chi connectivity index (χ2n) is 3.40. The first-order valence-corrected chi connectivity index (χ1v) is 4.84. The van der Waals surface area contributed by atoms with Crippen LogP contribution in [-0.4, -0.2) is 33.3 Å². The summed E-state index contributed by atoms with van der Waals surface area (Å²) in [5.41, 5.74) is 7.10. The monoisotopic (exact) mass is 233 g/mol. The molecule has 0 bridgehead atoms. The molecule has 0 saturated heterocycles. The highest BCUT2D eigenvalue weighted by molar-refractivity contribution is 5.95. The zero-order valence-electron chi connectivity index (χ0n) is 9.41. The molecule has 17 heavy (non-hydrogen) atoms. The number of benzene rings is 1. The summed E-state index contributed by atoms with van der Waals surface area (Å²) in [6, 6.07) is 4.88. The highest BCUT2D eigenvalue weighted by Crippen LogP contribution is 2.21. The van der Waals surface area contributed by atoms with Crippen LogP contribution in [0.15, 0.2) is 18.2 Å². The summed E-state index contributed by atoms with van der Waals surface area (Å²) in [6.07, 6.45) is 0. The van der Waals surface area contributed by atoms with E-state index < -0.39 is 5.97 Å². The maximum Gasteiger partial charge on any atom is 0.339 e. The van der Waals surface area contributed by atoms with Gasteiger partial charge in [0.2, 0.25) is 5.82 Å². The lowest BCUT2D eigenvalue weighted by molar-refractivity contribution is 0.0602. The molecule has 2 aromatic rings. The fourth-order valence-corrected chi connectivity index (χ4v) is 1.40. The van der Waals surface area contributed by atoms with Crippen molar-refractivity contribution in [1.29, 1.82) is 0 Å². The normalized spacial score (nSPS) is 10.2. The second-order valence-corrected chi connectivity index (χ2v) is 3.40. The number of tetrazole rings is 1. The number of anilines is 1. The second kappa shape index (κ2) is 4.20. The van der Waals surface area contributed by atoms with Gasteiger partial charge in [-0.15, -0.1) is 10.2 Å². The summed E-state index contributed by atoms with van der Waals surface area (Å²) >= 11 is 0. The molecule has 1 heterocycles. The highest BCUT2D eigenvalue weighted by Gasteiger charge is 2.12. The first-order valence-electron chi connectivity index (χ1n) is 4.84. The molecule has 7 heteroatoms. The molecule has 0 spiro atoms. The third-order valence-corrected chi connectivity index (χ3v) is 2.22. The molecule has 7 nitrogen and oxygen atoms in total. The predicted molar refractivity (Wildman–Crippen MR) is 60.0 cm³/mol. The van der Waals surface area contributed by atoms with Crippen LogP contribution in [0.25, 0.3) is 11.4 Å². The Bertz CT molecular complexity index is 564. The van der Waals surface area contributed by atoms with Gasteiger partial charge in [0.25, 0.3) is 0 Å². The molecule has 1 aromatic carbocycles. The molecule has 0 radical (unpaired) electrons. The van der Waals surface area contributed by atoms with E-state index >= 15 is 0 Å². The molecule has 2 N–H and O–H groups in total. The Balaban J connectivity index is 2.40. The van der Waals surface area contributed by atoms with Crippen LogP contribution in [0.2, 0.25) is 0 Å². The number of carbonyl (C=O) groups is 1. The molecular weight excluding hydrogens is 222 g/mol. The lowest BCUT2D eigenvalue weighted by Gasteiger charge is -2.04. The van der Waals surface area contributed by atoms with E-state index in [4.69, 9.17) is 5.73 Å². The van der Waals surface area contributed by atoms with Crippen molar-refractivity contribution in [3.63, 3.8) is 0 Å². The molecule has 88 valence electrons. The fraction of sp³-hybridized carbons (Fsp3) is 0.200. The third kappa shape index (κ3) is 2.07. The van der Waals surface area contributed by atoms with Gasteiger partial charge < -0.3 is 10.5 Å². The number of esters is 1. The van der Waals surface area contributed by atoms with Crippen molar-refractivity contribution in [1.82, 2.24) is 20.2 Å². The van der Waals surface area contributed by atoms with Crippen LogP contribution in [-0.2, 0) is 11.8 Å². The number of aryl methyl sites for hydroxylation is 1. The summed E-state index contributed by atoms with van der Waals surface area (Å²) in [5.74, 6) is -0.0169. The van der Waals surface area contributed by atoms with Crippen molar-refractivity contribution in [2.75, 3.05) is 12.8 Å². The van der Waals surface area contributed by atoms with E-state index in [0.717, 1.165) is 0 Å². The first kappa shape index (κ1) is 11.1. The average molecular weight is 233 g/mol. The van der Waals surface area contributed by atoms with E-state index in [1.165, 1.54) is 11.9 Å². The van der Waals surface area contributed by atoms with E-state index in [9.17, 15) is 4.79 Å². The Morgan fingerprint density at radius 2 is 2.24 bits per heavy atom. The zero-order valence-corrected chi connectivity index (χ0v) is 9.41. The van der Waals surface area contributed by atoms with Gasteiger partial charge in [-0.25, -0.2) is 4.79 Å². The molecule has 0 saturated carbocycles. The van der Waals surface area contributed by atoms with Gasteiger partial charge in [-0.1, -0.05) is 6.07 Å². The van der Waals surface area contributed by atoms with Crippen LogP contribution < -0.4 is 5.73 Å². The van der Waals surface area contributed by atoms with Crippen LogP contribution in [0.1, 0.15) is 10.4 Å². The zero-order chi connectivity index (χ0) is 12.4. The number of methoxy groups -OCH3 is 1. The summed E-state index contributed by atoms with van der Waals surface area (Å²) < 4.78 is 4.60. The van der Waals surface area contributed by atoms with Crippen molar-refractivity contribution in [3.05, 3.63) is 23.8 Å². The number of hydrogen-bond acceptors (Lipinski definition) is 6. The van der Waals surface area contributed by atoms with Gasteiger partial charge in [0, 0.05) is 11.3 Å². The van der Waals surface area contributed by atoms with Crippen molar-refractivity contribution in [2.24, 2.45) is 7.05 Å². The van der Waals surface area contributed by atoms with Gasteiger partial charge in [0.1, 0.15) is 0 Å². The highest BCUT2D eigenvalue weighted by atomic mass is 16.5. The smallest absolute Gasteiger partial charge is 0.339 e. The number of carbonyl (C=O) groups excluding carboxylic acids is 1. The maximum absolute atomic E-state index is 11.3. The fourth-order valence-electron chi connectivity index (χ4n) is 1.40. The molecule has 2 rings (SSSR count). The minimum Gasteiger partial charge on any atom is -0.465 e. The van der Waals surface area contributed by atoms with Gasteiger partial charge in [-0.3, -0.25) is 0 Å². The summed E-state index contributed by atoms with van der Waals surface area (Å²) in [6.45, 7) is 0. The molecule has 0 unspecified atom stereocenters. The number of nitrogens with zero attached hydrogens (tertiary/aromatic N) is 4. The van der Waals surface area contributed by atoms with E-state index in [1.807, 2.05) is 0 Å². The Labute approximate surface area is 97.2 Å². The van der Waals surface area contributed by atoms with E-state index in [-0.39, 0.29) is 0 Å². The largest absolute Gasteiger partial charge is 0.465 e. The van der Waals surface area contributed by atoms with Crippen molar-refractivity contribution in [3.8, 4) is 11.4 Å². The van der Waals surface area contributed by atoms with Gasteiger partial charge in [0.05, 0.1) is 19.7 Å². The number of hydrogen-bond donors (Lipinski definition) is 1. The van der Waals surface area contributed by atoms with Crippen LogP contribution in [0.5, 0.6) is 0 Å². The Kier molecular flexibility index (Phi) is 2.73. The van der Waals surface area contributed by atoms with Crippen LogP contribution in [0.3, 0.4) is 0 Å². The lowest BCUT2D eigenvalue weighted by Crippen LogP contribution is -2.05. The number of nitrogens with two attached hydrogens (primary N) is 1. The molecule has 0 amide bonds. The summed E-state index contributed by atoms with van der Waals surface area (Å²) in [7, 11) is 2.97. The minimum atomic E-state index is -0.471. The van der Waals surface area contributed by atoms with Crippen molar-refractivity contribution >= 4 is 11.7 Å². The molecular formula is C10H11N5O2. The van der Waals surface area contributed by atoms with Gasteiger partial charge in [0.15, 0.2) is 0 Å². The topological polar surface area (TPSA) is 95.9 Å². The SMILES string of the molecule is COC(=O)c1ccc(-c2nnn(C)n2)cc1N. The van der Waals surface area contributed by atoms with Gasteiger partial charge >= 0.3 is 5.97 Å². The average Bonchev–Trinajstić information content (AvgIpc) is 2.75. The first-order chi connectivity index (χ1) is 8.11. The quantitative estimate of drug-likeness (QED) is 0.589. The molecule has 0 fully saturated rings. The number of rotatable bonds is 2. The van der Waals surface area contributed by atoms with E-state index in [1.54, 1.807) is 25.2 Å². The minimum absolute atomic E-state index is 0.320. The molecule has 1 aromatic heterocycles. The lowest BCUT2D eigenvalue weighted by atomic mass is 10.1. The molecule has 0 atom stereocenters. The van der Waals surface area contributed by atoms with Crippen LogP contribution in [0, 0.1) is 0 Å². The number of nitrogen functional groups attached to an aromatic ring is 1. The Hall–Kier alpha value is -2.44. The van der Waals surface area contributed by atoms with Crippen LogP contribution >= 0.6 is 0 Å². The van der Waals surface area contributed by atoms with E-state index in [2.05, 4.69) is 20.1 Å². The van der Waals surface area contributed by atoms with Crippen molar-refractivity contribution < 1.29 is 9.53 Å². The predicted octanol–water partition coefficient (Wildman–Crippen LogP) is 0.246. The van der Waals surface area contributed by atoms with Gasteiger partial charge in [-0.2, -0.15) is 4.80 Å². The summed E-state index contributed by atoms with van der Waals surface area (Å²) in [5, 5.41) is 11.6. The van der Waals surface area contributed by atoms with E-state index in [0.29, 0.717) is 22.6 Å². The Morgan fingerprint density at radius 3 is 2.76 bits per heavy atom. The van der Waals surface area contributed by atoms with Crippen molar-refractivity contribution in [2.45, 2.75) is 0 Å². The summed E-state index contributed by atoms with van der Waals surface area (Å²) in [4.78, 5) is 12.7. The number of ether oxygens (including phenoxy) is 1. The molecule has 0 aliphatic carbocycles. The maximum atomic E-state index is 11.3. The molecule has 0 aliphatic heterocycles. The third-order valence-electron chi connectivity index (χ3n) is 2.22. The Morgan fingerprint density at radius 1 is 1.47 bits per heavy atom. The van der Waals surface area contributed by atoms with Crippen LogP contribution in [0.4, 0.5) is 5.69 Å². The van der Waals surface area contributed by atoms with Gasteiger partial charge in [-0.05, 0) is 17.3 Å². The number of aromatic nitrogens is 4. The standard InChI is InChI=1S/C10H11N5O2/c1-15-13-9(12-14-15)6-3-4-7(8(11)5-6)10(16)17-2/h3-5H,11H2,1-2H3.